The number of guanidine groups is 2. The van der Waals surface area contributed by atoms with Crippen LogP contribution >= 0.6 is 0 Å². The molecular formula is C15H18N6O4. The lowest BCUT2D eigenvalue weighted by Crippen LogP contribution is -2.58. The molecule has 0 saturated heterocycles. The Kier molecular flexibility index (Phi) is 4.03. The number of hydrogen-bond donors (Lipinski definition) is 3. The molecule has 1 aromatic rings. The highest BCUT2D eigenvalue weighted by Gasteiger charge is 2.43. The number of aromatic carboxylic acids is 1. The van der Waals surface area contributed by atoms with E-state index in [1.165, 1.54) is 12.1 Å². The van der Waals surface area contributed by atoms with Gasteiger partial charge in [-0.15, -0.1) is 0 Å². The van der Waals surface area contributed by atoms with Crippen LogP contribution in [-0.4, -0.2) is 33.6 Å². The molecule has 3 rings (SSSR count). The first-order valence-corrected chi connectivity index (χ1v) is 7.85. The predicted octanol–water partition coefficient (Wildman–Crippen LogP) is 1.40. The van der Waals surface area contributed by atoms with Gasteiger partial charge >= 0.3 is 5.97 Å². The van der Waals surface area contributed by atoms with E-state index in [9.17, 15) is 20.0 Å². The standard InChI is InChI=1S/C15H18N6O4/c16-13-18-14(17)20(15(19-13)4-2-1-3-5-15)10-6-9(12(22)23)7-11(8-10)21(24)25/h6-8H,1-5H2,(H,22,23)(H4,16,17,18,19). The van der Waals surface area contributed by atoms with Gasteiger partial charge in [0.1, 0.15) is 5.66 Å². The second-order valence-corrected chi connectivity index (χ2v) is 6.12. The third kappa shape index (κ3) is 2.97. The Morgan fingerprint density at radius 3 is 2.52 bits per heavy atom. The third-order valence-corrected chi connectivity index (χ3v) is 4.47. The molecule has 0 aromatic heterocycles. The Balaban J connectivity index is 2.17. The molecule has 132 valence electrons. The van der Waals surface area contributed by atoms with Gasteiger partial charge in [-0.1, -0.05) is 6.42 Å². The summed E-state index contributed by atoms with van der Waals surface area (Å²) in [6.07, 6.45) is 4.12. The van der Waals surface area contributed by atoms with E-state index >= 15 is 0 Å². The maximum absolute atomic E-state index is 11.4. The number of carbonyl (C=O) groups is 1. The maximum atomic E-state index is 11.4. The molecule has 0 atom stereocenters. The molecule has 2 aliphatic rings. The zero-order chi connectivity index (χ0) is 18.2. The van der Waals surface area contributed by atoms with Gasteiger partial charge < -0.3 is 16.6 Å². The summed E-state index contributed by atoms with van der Waals surface area (Å²) in [6, 6.07) is 3.63. The predicted molar refractivity (Wildman–Crippen MR) is 91.6 cm³/mol. The van der Waals surface area contributed by atoms with E-state index in [1.54, 1.807) is 4.90 Å². The van der Waals surface area contributed by atoms with Crippen LogP contribution < -0.4 is 16.4 Å². The number of benzene rings is 1. The van der Waals surface area contributed by atoms with Crippen molar-refractivity contribution in [2.75, 3.05) is 4.90 Å². The number of anilines is 1. The van der Waals surface area contributed by atoms with E-state index in [4.69, 9.17) is 11.5 Å². The second kappa shape index (κ2) is 6.04. The molecule has 0 unspecified atom stereocenters. The van der Waals surface area contributed by atoms with Gasteiger partial charge in [0.2, 0.25) is 11.9 Å². The lowest BCUT2D eigenvalue weighted by Gasteiger charge is -2.45. The van der Waals surface area contributed by atoms with Gasteiger partial charge in [-0.3, -0.25) is 15.0 Å². The van der Waals surface area contributed by atoms with Crippen molar-refractivity contribution in [2.24, 2.45) is 21.5 Å². The van der Waals surface area contributed by atoms with Gasteiger partial charge in [0, 0.05) is 12.1 Å². The summed E-state index contributed by atoms with van der Waals surface area (Å²) >= 11 is 0. The highest BCUT2D eigenvalue weighted by molar-refractivity contribution is 6.06. The SMILES string of the molecule is NC1=NC2(CCCCC2)N(c2cc(C(=O)O)cc([N+](=O)[O-])c2)C(N)=N1. The lowest BCUT2D eigenvalue weighted by molar-refractivity contribution is -0.384. The fourth-order valence-electron chi connectivity index (χ4n) is 3.45. The summed E-state index contributed by atoms with van der Waals surface area (Å²) in [5.74, 6) is -1.16. The smallest absolute Gasteiger partial charge is 0.336 e. The Morgan fingerprint density at radius 2 is 1.92 bits per heavy atom. The minimum Gasteiger partial charge on any atom is -0.478 e. The second-order valence-electron chi connectivity index (χ2n) is 6.12. The molecular weight excluding hydrogens is 328 g/mol. The molecule has 0 radical (unpaired) electrons. The Hall–Kier alpha value is -3.17. The Bertz CT molecular complexity index is 765. The minimum absolute atomic E-state index is 0.0474. The van der Waals surface area contributed by atoms with Crippen molar-refractivity contribution in [1.82, 2.24) is 0 Å². The molecule has 1 heterocycles. The molecule has 0 bridgehead atoms. The average molecular weight is 346 g/mol. The molecule has 25 heavy (non-hydrogen) atoms. The van der Waals surface area contributed by atoms with Crippen LogP contribution in [-0.2, 0) is 0 Å². The average Bonchev–Trinajstić information content (AvgIpc) is 2.54. The van der Waals surface area contributed by atoms with Crippen molar-refractivity contribution in [3.05, 3.63) is 33.9 Å². The number of rotatable bonds is 3. The molecule has 1 aliphatic heterocycles. The fraction of sp³-hybridized carbons (Fsp3) is 0.400. The van der Waals surface area contributed by atoms with Gasteiger partial charge in [-0.05, 0) is 31.7 Å². The van der Waals surface area contributed by atoms with Gasteiger partial charge in [-0.25, -0.2) is 9.79 Å². The number of non-ortho nitro benzene ring substituents is 1. The lowest BCUT2D eigenvalue weighted by atomic mass is 9.87. The van der Waals surface area contributed by atoms with E-state index in [2.05, 4.69) is 9.98 Å². The van der Waals surface area contributed by atoms with Crippen molar-refractivity contribution in [3.63, 3.8) is 0 Å². The topological polar surface area (TPSA) is 160 Å². The van der Waals surface area contributed by atoms with Crippen molar-refractivity contribution in [1.29, 1.82) is 0 Å². The van der Waals surface area contributed by atoms with E-state index in [0.29, 0.717) is 12.8 Å². The maximum Gasteiger partial charge on any atom is 0.336 e. The normalized spacial score (nSPS) is 19.3. The summed E-state index contributed by atoms with van der Waals surface area (Å²) in [4.78, 5) is 31.9. The zero-order valence-electron chi connectivity index (χ0n) is 13.4. The molecule has 1 saturated carbocycles. The fourth-order valence-corrected chi connectivity index (χ4v) is 3.45. The van der Waals surface area contributed by atoms with Crippen LogP contribution in [0.1, 0.15) is 42.5 Å². The van der Waals surface area contributed by atoms with Gasteiger partial charge in [0.05, 0.1) is 16.2 Å². The number of nitrogens with zero attached hydrogens (tertiary/aromatic N) is 4. The highest BCUT2D eigenvalue weighted by Crippen LogP contribution is 2.40. The molecule has 1 spiro atoms. The summed E-state index contributed by atoms with van der Waals surface area (Å²) < 4.78 is 0. The van der Waals surface area contributed by atoms with Crippen LogP contribution in [0.4, 0.5) is 11.4 Å². The third-order valence-electron chi connectivity index (χ3n) is 4.47. The van der Waals surface area contributed by atoms with Crippen LogP contribution in [0.2, 0.25) is 0 Å². The van der Waals surface area contributed by atoms with Crippen LogP contribution in [0, 0.1) is 10.1 Å². The molecule has 10 nitrogen and oxygen atoms in total. The molecule has 1 aliphatic carbocycles. The van der Waals surface area contributed by atoms with E-state index in [0.717, 1.165) is 25.3 Å². The zero-order valence-corrected chi connectivity index (χ0v) is 13.4. The molecule has 1 aromatic carbocycles. The summed E-state index contributed by atoms with van der Waals surface area (Å²) in [6.45, 7) is 0. The Morgan fingerprint density at radius 1 is 1.24 bits per heavy atom. The quantitative estimate of drug-likeness (QED) is 0.550. The number of nitro benzene ring substituents is 1. The largest absolute Gasteiger partial charge is 0.478 e. The van der Waals surface area contributed by atoms with Gasteiger partial charge in [0.25, 0.3) is 5.69 Å². The molecule has 1 fully saturated rings. The number of hydrogen-bond acceptors (Lipinski definition) is 8. The molecule has 5 N–H and O–H groups in total. The first kappa shape index (κ1) is 16.7. The number of carboxylic acid groups (broad SMARTS) is 1. The molecule has 0 amide bonds. The number of nitro groups is 1. The summed E-state index contributed by atoms with van der Waals surface area (Å²) in [5.41, 5.74) is 10.8. The number of carboxylic acids is 1. The van der Waals surface area contributed by atoms with Crippen LogP contribution in [0.25, 0.3) is 0 Å². The van der Waals surface area contributed by atoms with E-state index < -0.39 is 16.6 Å². The first-order valence-electron chi connectivity index (χ1n) is 7.85. The summed E-state index contributed by atoms with van der Waals surface area (Å²) in [5, 5.41) is 20.5. The van der Waals surface area contributed by atoms with Crippen LogP contribution in [0.3, 0.4) is 0 Å². The van der Waals surface area contributed by atoms with Crippen molar-refractivity contribution >= 4 is 29.3 Å². The van der Waals surface area contributed by atoms with Crippen LogP contribution in [0.5, 0.6) is 0 Å². The van der Waals surface area contributed by atoms with Crippen LogP contribution in [0.15, 0.2) is 28.2 Å². The first-order chi connectivity index (χ1) is 11.8. The number of nitrogens with two attached hydrogens (primary N) is 2. The minimum atomic E-state index is -1.27. The summed E-state index contributed by atoms with van der Waals surface area (Å²) in [7, 11) is 0. The highest BCUT2D eigenvalue weighted by atomic mass is 16.6. The van der Waals surface area contributed by atoms with Crippen molar-refractivity contribution in [2.45, 2.75) is 37.8 Å². The van der Waals surface area contributed by atoms with Crippen molar-refractivity contribution < 1.29 is 14.8 Å². The monoisotopic (exact) mass is 346 g/mol. The van der Waals surface area contributed by atoms with Gasteiger partial charge in [-0.2, -0.15) is 4.99 Å². The number of aliphatic imine (C=N–C) groups is 2. The van der Waals surface area contributed by atoms with Crippen molar-refractivity contribution in [3.8, 4) is 0 Å². The Labute approximate surface area is 143 Å². The molecule has 10 heteroatoms. The van der Waals surface area contributed by atoms with Gasteiger partial charge in [0.15, 0.2) is 0 Å². The van der Waals surface area contributed by atoms with E-state index in [1.807, 2.05) is 0 Å². The van der Waals surface area contributed by atoms with E-state index in [-0.39, 0.29) is 28.9 Å².